The van der Waals surface area contributed by atoms with Gasteiger partial charge in [0.1, 0.15) is 7.05 Å². The van der Waals surface area contributed by atoms with Crippen molar-refractivity contribution in [3.63, 3.8) is 0 Å². The average molecular weight is 329 g/mol. The number of aromatic nitrogens is 1. The third-order valence-corrected chi connectivity index (χ3v) is 5.22. The molecule has 3 aromatic rings. The number of hydrogen-bond acceptors (Lipinski definition) is 0. The topological polar surface area (TPSA) is 8.24 Å². The van der Waals surface area contributed by atoms with E-state index in [4.69, 9.17) is 6.57 Å². The standard InChI is InChI=1S/C23H25N2/c1-15-12-16(2)17(3)19(13-15)22-14-20(23(4,5)24-6)18-10-8-9-11-21(18)25(22)7/h8-14H,1-5,7H3/q+1. The molecule has 0 saturated heterocycles. The van der Waals surface area contributed by atoms with Crippen LogP contribution in [0.2, 0.25) is 0 Å². The Hall–Kier alpha value is -2.66. The van der Waals surface area contributed by atoms with Crippen molar-refractivity contribution < 1.29 is 4.57 Å². The van der Waals surface area contributed by atoms with Crippen molar-refractivity contribution in [1.29, 1.82) is 0 Å². The second-order valence-corrected chi connectivity index (χ2v) is 7.44. The van der Waals surface area contributed by atoms with Crippen LogP contribution >= 0.6 is 0 Å². The van der Waals surface area contributed by atoms with Gasteiger partial charge >= 0.3 is 0 Å². The van der Waals surface area contributed by atoms with Crippen LogP contribution in [0.15, 0.2) is 42.5 Å². The molecule has 2 heteroatoms. The molecular weight excluding hydrogens is 304 g/mol. The first-order chi connectivity index (χ1) is 11.8. The minimum atomic E-state index is -0.560. The van der Waals surface area contributed by atoms with Crippen LogP contribution in [-0.2, 0) is 12.6 Å². The molecule has 0 fully saturated rings. The summed E-state index contributed by atoms with van der Waals surface area (Å²) >= 11 is 0. The number of aryl methyl sites for hydroxylation is 3. The van der Waals surface area contributed by atoms with E-state index in [9.17, 15) is 0 Å². The third kappa shape index (κ3) is 2.81. The van der Waals surface area contributed by atoms with E-state index in [2.05, 4.69) is 73.6 Å². The van der Waals surface area contributed by atoms with Crippen molar-refractivity contribution in [2.24, 2.45) is 7.05 Å². The Balaban J connectivity index is 2.46. The Morgan fingerprint density at radius 2 is 1.68 bits per heavy atom. The van der Waals surface area contributed by atoms with Gasteiger partial charge in [0.15, 0.2) is 0 Å². The van der Waals surface area contributed by atoms with Gasteiger partial charge < -0.3 is 4.85 Å². The predicted octanol–water partition coefficient (Wildman–Crippen LogP) is 5.41. The van der Waals surface area contributed by atoms with Crippen molar-refractivity contribution in [2.75, 3.05) is 0 Å². The van der Waals surface area contributed by atoms with E-state index in [0.717, 1.165) is 22.2 Å². The van der Waals surface area contributed by atoms with E-state index in [0.29, 0.717) is 0 Å². The molecule has 0 bridgehead atoms. The SMILES string of the molecule is [C-]#[N+]C(C)(C)c1cc(-c2cc(C)cc(C)c2C)[n+](C)c2ccccc12. The molecule has 2 aromatic carbocycles. The normalized spacial score (nSPS) is 11.6. The van der Waals surface area contributed by atoms with Crippen molar-refractivity contribution in [2.45, 2.75) is 40.2 Å². The third-order valence-electron chi connectivity index (χ3n) is 5.22. The lowest BCUT2D eigenvalue weighted by Gasteiger charge is -2.16. The van der Waals surface area contributed by atoms with Crippen LogP contribution in [0.3, 0.4) is 0 Å². The summed E-state index contributed by atoms with van der Waals surface area (Å²) in [5.41, 5.74) is 7.95. The maximum atomic E-state index is 7.68. The van der Waals surface area contributed by atoms with Crippen LogP contribution in [0.25, 0.3) is 27.0 Å². The Labute approximate surface area is 150 Å². The van der Waals surface area contributed by atoms with Crippen LogP contribution in [-0.4, -0.2) is 0 Å². The molecule has 1 heterocycles. The van der Waals surface area contributed by atoms with Crippen LogP contribution in [0.1, 0.15) is 36.1 Å². The zero-order valence-corrected chi connectivity index (χ0v) is 15.9. The molecule has 0 unspecified atom stereocenters. The molecule has 0 aliphatic carbocycles. The lowest BCUT2D eigenvalue weighted by atomic mass is 9.89. The number of para-hydroxylation sites is 1. The number of nitrogens with zero attached hydrogens (tertiary/aromatic N) is 2. The van der Waals surface area contributed by atoms with Gasteiger partial charge in [-0.25, -0.2) is 6.57 Å². The Morgan fingerprint density at radius 1 is 1.00 bits per heavy atom. The summed E-state index contributed by atoms with van der Waals surface area (Å²) in [7, 11) is 2.11. The highest BCUT2D eigenvalue weighted by Gasteiger charge is 2.32. The van der Waals surface area contributed by atoms with Crippen LogP contribution in [0.5, 0.6) is 0 Å². The number of benzene rings is 2. The largest absolute Gasteiger partial charge is 0.306 e. The highest BCUT2D eigenvalue weighted by molar-refractivity contribution is 5.83. The molecule has 0 aliphatic rings. The van der Waals surface area contributed by atoms with Gasteiger partial charge in [-0.1, -0.05) is 23.8 Å². The highest BCUT2D eigenvalue weighted by atomic mass is 14.9. The molecule has 0 amide bonds. The molecule has 25 heavy (non-hydrogen) atoms. The van der Waals surface area contributed by atoms with Gasteiger partial charge in [-0.05, 0) is 44.0 Å². The fourth-order valence-electron chi connectivity index (χ4n) is 3.57. The first-order valence-corrected chi connectivity index (χ1v) is 8.65. The summed E-state index contributed by atoms with van der Waals surface area (Å²) in [4.78, 5) is 3.90. The number of pyridine rings is 1. The molecule has 0 atom stereocenters. The minimum Gasteiger partial charge on any atom is -0.306 e. The highest BCUT2D eigenvalue weighted by Crippen LogP contribution is 2.34. The Morgan fingerprint density at radius 3 is 2.36 bits per heavy atom. The number of hydrogen-bond donors (Lipinski definition) is 0. The van der Waals surface area contributed by atoms with Gasteiger partial charge in [0, 0.05) is 31.5 Å². The molecule has 0 spiro atoms. The zero-order chi connectivity index (χ0) is 18.4. The van der Waals surface area contributed by atoms with Gasteiger partial charge in [-0.15, -0.1) is 0 Å². The second kappa shape index (κ2) is 6.01. The molecular formula is C23H25N2+. The first-order valence-electron chi connectivity index (χ1n) is 8.65. The van der Waals surface area contributed by atoms with Gasteiger partial charge in [-0.2, -0.15) is 4.57 Å². The fourth-order valence-corrected chi connectivity index (χ4v) is 3.57. The van der Waals surface area contributed by atoms with Gasteiger partial charge in [-0.3, -0.25) is 0 Å². The average Bonchev–Trinajstić information content (AvgIpc) is 2.58. The first kappa shape index (κ1) is 17.2. The lowest BCUT2D eigenvalue weighted by molar-refractivity contribution is -0.633. The molecule has 0 radical (unpaired) electrons. The van der Waals surface area contributed by atoms with Crippen molar-refractivity contribution in [3.05, 3.63) is 76.1 Å². The molecule has 2 nitrogen and oxygen atoms in total. The summed E-state index contributed by atoms with van der Waals surface area (Å²) in [6.45, 7) is 18.2. The van der Waals surface area contributed by atoms with Gasteiger partial charge in [0.2, 0.25) is 11.2 Å². The van der Waals surface area contributed by atoms with Crippen LogP contribution in [0, 0.1) is 27.3 Å². The molecule has 0 saturated carbocycles. The van der Waals surface area contributed by atoms with E-state index in [1.807, 2.05) is 19.9 Å². The molecule has 1 aromatic heterocycles. The van der Waals surface area contributed by atoms with Crippen molar-refractivity contribution >= 4 is 10.9 Å². The summed E-state index contributed by atoms with van der Waals surface area (Å²) < 4.78 is 2.25. The predicted molar refractivity (Wildman–Crippen MR) is 104 cm³/mol. The molecule has 0 aliphatic heterocycles. The fraction of sp³-hybridized carbons (Fsp3) is 0.304. The summed E-state index contributed by atoms with van der Waals surface area (Å²) in [5.74, 6) is 0. The molecule has 0 N–H and O–H groups in total. The maximum Gasteiger partial charge on any atom is 0.253 e. The molecule has 3 rings (SSSR count). The summed E-state index contributed by atoms with van der Waals surface area (Å²) in [6, 6.07) is 15.1. The Kier molecular flexibility index (Phi) is 4.13. The molecule has 126 valence electrons. The summed E-state index contributed by atoms with van der Waals surface area (Å²) in [5, 5.41) is 1.15. The Bertz CT molecular complexity index is 1020. The monoisotopic (exact) mass is 329 g/mol. The lowest BCUT2D eigenvalue weighted by Crippen LogP contribution is -2.34. The minimum absolute atomic E-state index is 0.560. The van der Waals surface area contributed by atoms with Gasteiger partial charge in [0.25, 0.3) is 5.54 Å². The van der Waals surface area contributed by atoms with Gasteiger partial charge in [0.05, 0.1) is 10.9 Å². The van der Waals surface area contributed by atoms with E-state index < -0.39 is 5.54 Å². The van der Waals surface area contributed by atoms with E-state index in [-0.39, 0.29) is 0 Å². The van der Waals surface area contributed by atoms with Crippen LogP contribution < -0.4 is 4.57 Å². The quantitative estimate of drug-likeness (QED) is 0.439. The second-order valence-electron chi connectivity index (χ2n) is 7.44. The maximum absolute atomic E-state index is 7.68. The zero-order valence-electron chi connectivity index (χ0n) is 15.9. The smallest absolute Gasteiger partial charge is 0.253 e. The van der Waals surface area contributed by atoms with Crippen molar-refractivity contribution in [3.8, 4) is 11.3 Å². The number of fused-ring (bicyclic) bond motifs is 1. The summed E-state index contributed by atoms with van der Waals surface area (Å²) in [6.07, 6.45) is 0. The van der Waals surface area contributed by atoms with E-state index >= 15 is 0 Å². The van der Waals surface area contributed by atoms with E-state index in [1.54, 1.807) is 0 Å². The number of rotatable bonds is 2. The van der Waals surface area contributed by atoms with Crippen LogP contribution in [0.4, 0.5) is 0 Å². The van der Waals surface area contributed by atoms with E-state index in [1.165, 1.54) is 22.3 Å². The van der Waals surface area contributed by atoms with Crippen molar-refractivity contribution in [1.82, 2.24) is 0 Å².